The highest BCUT2D eigenvalue weighted by atomic mass is 16.4. The third-order valence-corrected chi connectivity index (χ3v) is 1.31. The van der Waals surface area contributed by atoms with Crippen molar-refractivity contribution in [3.05, 3.63) is 0 Å². The highest BCUT2D eigenvalue weighted by molar-refractivity contribution is 5.84. The molecule has 0 spiro atoms. The van der Waals surface area contributed by atoms with Crippen LogP contribution in [0.15, 0.2) is 0 Å². The minimum atomic E-state index is -1.22. The number of carbonyl (C=O) groups is 3. The van der Waals surface area contributed by atoms with E-state index in [2.05, 4.69) is 0 Å². The van der Waals surface area contributed by atoms with Gasteiger partial charge in [-0.25, -0.2) is 0 Å². The molecule has 1 amide bonds. The quantitative estimate of drug-likeness (QED) is 0.601. The fraction of sp³-hybridized carbons (Fsp3) is 0.571. The van der Waals surface area contributed by atoms with Gasteiger partial charge >= 0.3 is 11.9 Å². The van der Waals surface area contributed by atoms with Crippen LogP contribution in [0.4, 0.5) is 0 Å². The summed E-state index contributed by atoms with van der Waals surface area (Å²) < 4.78 is 0. The normalized spacial score (nSPS) is 9.31. The van der Waals surface area contributed by atoms with Gasteiger partial charge in [-0.1, -0.05) is 6.92 Å². The van der Waals surface area contributed by atoms with Crippen LogP contribution in [0.3, 0.4) is 0 Å². The number of amides is 1. The lowest BCUT2D eigenvalue weighted by molar-refractivity contribution is -0.149. The van der Waals surface area contributed by atoms with Crippen molar-refractivity contribution in [1.82, 2.24) is 4.90 Å². The molecule has 0 aliphatic heterocycles. The largest absolute Gasteiger partial charge is 0.480 e. The second kappa shape index (κ2) is 5.13. The van der Waals surface area contributed by atoms with Gasteiger partial charge in [0.2, 0.25) is 5.91 Å². The predicted molar refractivity (Wildman–Crippen MR) is 42.1 cm³/mol. The molecule has 0 aliphatic carbocycles. The predicted octanol–water partition coefficient (Wildman–Crippen LogP) is -0.606. The number of carbonyl (C=O) groups excluding carboxylic acids is 1. The molecule has 0 atom stereocenters. The number of rotatable bonds is 5. The molecule has 0 aliphatic rings. The van der Waals surface area contributed by atoms with E-state index in [1.165, 1.54) is 0 Å². The summed E-state index contributed by atoms with van der Waals surface area (Å²) in [4.78, 5) is 32.2. The molecule has 6 nitrogen and oxygen atoms in total. The summed E-state index contributed by atoms with van der Waals surface area (Å²) >= 11 is 0. The Hall–Kier alpha value is -1.59. The fourth-order valence-electron chi connectivity index (χ4n) is 0.782. The van der Waals surface area contributed by atoms with Gasteiger partial charge < -0.3 is 15.1 Å². The number of hydrogen-bond donors (Lipinski definition) is 2. The van der Waals surface area contributed by atoms with E-state index < -0.39 is 30.9 Å². The molecular weight excluding hydrogens is 178 g/mol. The molecule has 0 bridgehead atoms. The SMILES string of the molecule is CCC(=O)N(CC(=O)O)CC(=O)O. The van der Waals surface area contributed by atoms with Gasteiger partial charge in [0.05, 0.1) is 0 Å². The molecule has 0 fully saturated rings. The first kappa shape index (κ1) is 11.4. The maximum absolute atomic E-state index is 11.0. The molecule has 2 N–H and O–H groups in total. The third kappa shape index (κ3) is 4.78. The summed E-state index contributed by atoms with van der Waals surface area (Å²) in [5.41, 5.74) is 0. The van der Waals surface area contributed by atoms with E-state index in [-0.39, 0.29) is 6.42 Å². The highest BCUT2D eigenvalue weighted by Gasteiger charge is 2.17. The van der Waals surface area contributed by atoms with Crippen molar-refractivity contribution in [1.29, 1.82) is 0 Å². The van der Waals surface area contributed by atoms with E-state index in [0.717, 1.165) is 4.90 Å². The molecular formula is C7H11NO5. The van der Waals surface area contributed by atoms with Crippen LogP contribution in [0.25, 0.3) is 0 Å². The minimum absolute atomic E-state index is 0.0978. The van der Waals surface area contributed by atoms with Crippen LogP contribution < -0.4 is 0 Å². The first-order chi connectivity index (χ1) is 5.97. The molecule has 0 aromatic carbocycles. The second-order valence-corrected chi connectivity index (χ2v) is 2.39. The second-order valence-electron chi connectivity index (χ2n) is 2.39. The van der Waals surface area contributed by atoms with E-state index in [9.17, 15) is 14.4 Å². The maximum Gasteiger partial charge on any atom is 0.323 e. The molecule has 0 rings (SSSR count). The number of carboxylic acid groups (broad SMARTS) is 2. The molecule has 0 saturated carbocycles. The van der Waals surface area contributed by atoms with Crippen LogP contribution in [0, 0.1) is 0 Å². The first-order valence-corrected chi connectivity index (χ1v) is 3.68. The topological polar surface area (TPSA) is 94.9 Å². The Morgan fingerprint density at radius 3 is 1.69 bits per heavy atom. The van der Waals surface area contributed by atoms with Gasteiger partial charge in [-0.3, -0.25) is 14.4 Å². The van der Waals surface area contributed by atoms with Crippen molar-refractivity contribution in [2.75, 3.05) is 13.1 Å². The summed E-state index contributed by atoms with van der Waals surface area (Å²) in [7, 11) is 0. The van der Waals surface area contributed by atoms with Crippen LogP contribution in [0.1, 0.15) is 13.3 Å². The third-order valence-electron chi connectivity index (χ3n) is 1.31. The molecule has 0 aromatic heterocycles. The van der Waals surface area contributed by atoms with Gasteiger partial charge in [0, 0.05) is 6.42 Å². The van der Waals surface area contributed by atoms with Crippen LogP contribution in [-0.2, 0) is 14.4 Å². The summed E-state index contributed by atoms with van der Waals surface area (Å²) in [6.07, 6.45) is 0.0978. The van der Waals surface area contributed by atoms with Gasteiger partial charge in [0.25, 0.3) is 0 Å². The molecule has 74 valence electrons. The number of aliphatic carboxylic acids is 2. The minimum Gasteiger partial charge on any atom is -0.480 e. The zero-order valence-electron chi connectivity index (χ0n) is 7.19. The lowest BCUT2D eigenvalue weighted by Crippen LogP contribution is -2.38. The Labute approximate surface area is 74.8 Å². The Bertz CT molecular complexity index is 209. The standard InChI is InChI=1S/C7H11NO5/c1-2-5(9)8(3-6(10)11)4-7(12)13/h2-4H2,1H3,(H,10,11)(H,12,13). The lowest BCUT2D eigenvalue weighted by Gasteiger charge is -2.16. The highest BCUT2D eigenvalue weighted by Crippen LogP contribution is 1.93. The van der Waals surface area contributed by atoms with Gasteiger partial charge in [0.15, 0.2) is 0 Å². The van der Waals surface area contributed by atoms with E-state index in [1.54, 1.807) is 6.92 Å². The lowest BCUT2D eigenvalue weighted by atomic mass is 10.3. The Kier molecular flexibility index (Phi) is 4.50. The number of carboxylic acids is 2. The molecule has 0 radical (unpaired) electrons. The molecule has 6 heteroatoms. The van der Waals surface area contributed by atoms with E-state index in [4.69, 9.17) is 10.2 Å². The van der Waals surface area contributed by atoms with Gasteiger partial charge in [-0.2, -0.15) is 0 Å². The summed E-state index contributed by atoms with van der Waals surface area (Å²) in [6, 6.07) is 0. The van der Waals surface area contributed by atoms with Crippen molar-refractivity contribution >= 4 is 17.8 Å². The van der Waals surface area contributed by atoms with Gasteiger partial charge in [0.1, 0.15) is 13.1 Å². The molecule has 13 heavy (non-hydrogen) atoms. The average Bonchev–Trinajstić information content (AvgIpc) is 2.00. The number of hydrogen-bond acceptors (Lipinski definition) is 3. The van der Waals surface area contributed by atoms with Crippen LogP contribution >= 0.6 is 0 Å². The zero-order valence-corrected chi connectivity index (χ0v) is 7.19. The molecule has 0 heterocycles. The van der Waals surface area contributed by atoms with E-state index in [1.807, 2.05) is 0 Å². The molecule has 0 unspecified atom stereocenters. The number of nitrogens with zero attached hydrogens (tertiary/aromatic N) is 1. The zero-order chi connectivity index (χ0) is 10.4. The summed E-state index contributed by atoms with van der Waals surface area (Å²) in [5, 5.41) is 16.7. The summed E-state index contributed by atoms with van der Waals surface area (Å²) in [5.74, 6) is -2.92. The van der Waals surface area contributed by atoms with Crippen molar-refractivity contribution < 1.29 is 24.6 Å². The summed E-state index contributed by atoms with van der Waals surface area (Å²) in [6.45, 7) is 0.400. The van der Waals surface area contributed by atoms with E-state index >= 15 is 0 Å². The smallest absolute Gasteiger partial charge is 0.323 e. The Morgan fingerprint density at radius 1 is 1.08 bits per heavy atom. The average molecular weight is 189 g/mol. The van der Waals surface area contributed by atoms with Crippen molar-refractivity contribution in [2.45, 2.75) is 13.3 Å². The van der Waals surface area contributed by atoms with Crippen molar-refractivity contribution in [3.8, 4) is 0 Å². The Balaban J connectivity index is 4.26. The van der Waals surface area contributed by atoms with Gasteiger partial charge in [-0.05, 0) is 0 Å². The maximum atomic E-state index is 11.0. The molecule has 0 aromatic rings. The first-order valence-electron chi connectivity index (χ1n) is 3.68. The van der Waals surface area contributed by atoms with Crippen LogP contribution in [0.5, 0.6) is 0 Å². The van der Waals surface area contributed by atoms with Crippen LogP contribution in [-0.4, -0.2) is 46.0 Å². The van der Waals surface area contributed by atoms with Gasteiger partial charge in [-0.15, -0.1) is 0 Å². The fourth-order valence-corrected chi connectivity index (χ4v) is 0.782. The van der Waals surface area contributed by atoms with Crippen molar-refractivity contribution in [2.24, 2.45) is 0 Å². The van der Waals surface area contributed by atoms with Crippen LogP contribution in [0.2, 0.25) is 0 Å². The van der Waals surface area contributed by atoms with E-state index in [0.29, 0.717) is 0 Å². The monoisotopic (exact) mass is 189 g/mol. The molecule has 0 saturated heterocycles. The Morgan fingerprint density at radius 2 is 1.46 bits per heavy atom. The van der Waals surface area contributed by atoms with Crippen molar-refractivity contribution in [3.63, 3.8) is 0 Å².